The molecule has 1 aromatic carbocycles. The van der Waals surface area contributed by atoms with Crippen LogP contribution >= 0.6 is 11.6 Å². The highest BCUT2D eigenvalue weighted by molar-refractivity contribution is 6.33. The number of amides is 1. The number of halogens is 1. The average Bonchev–Trinajstić information content (AvgIpc) is 2.39. The fourth-order valence-electron chi connectivity index (χ4n) is 2.37. The fraction of sp³-hybridized carbons (Fsp3) is 0.438. The molecule has 0 fully saturated rings. The van der Waals surface area contributed by atoms with Crippen molar-refractivity contribution in [3.05, 3.63) is 46.0 Å². The maximum absolute atomic E-state index is 12.0. The van der Waals surface area contributed by atoms with Crippen molar-refractivity contribution in [2.45, 2.75) is 39.0 Å². The van der Waals surface area contributed by atoms with Crippen molar-refractivity contribution in [2.75, 3.05) is 6.54 Å². The van der Waals surface area contributed by atoms with Crippen LogP contribution in [0.2, 0.25) is 5.02 Å². The molecule has 1 amide bonds. The van der Waals surface area contributed by atoms with E-state index in [0.717, 1.165) is 12.0 Å². The lowest BCUT2D eigenvalue weighted by Crippen LogP contribution is -2.25. The normalized spacial score (nSPS) is 14.9. The van der Waals surface area contributed by atoms with Crippen molar-refractivity contribution in [1.82, 2.24) is 5.32 Å². The van der Waals surface area contributed by atoms with E-state index in [4.69, 9.17) is 11.6 Å². The third-order valence-electron chi connectivity index (χ3n) is 3.49. The number of aryl methyl sites for hydroxylation is 1. The summed E-state index contributed by atoms with van der Waals surface area (Å²) in [5, 5.41) is 3.46. The van der Waals surface area contributed by atoms with Gasteiger partial charge in [0.15, 0.2) is 0 Å². The van der Waals surface area contributed by atoms with Gasteiger partial charge in [0.2, 0.25) is 0 Å². The van der Waals surface area contributed by atoms with Crippen LogP contribution in [0.5, 0.6) is 0 Å². The standard InChI is InChI=1S/C16H20ClNO/c1-12-7-8-14(15(17)11-12)16(19)18-10-9-13-5-3-2-4-6-13/h5,7-8,11H,2-4,6,9-10H2,1H3,(H,18,19). The van der Waals surface area contributed by atoms with Crippen LogP contribution in [0.4, 0.5) is 0 Å². The zero-order valence-electron chi connectivity index (χ0n) is 11.3. The molecular weight excluding hydrogens is 258 g/mol. The lowest BCUT2D eigenvalue weighted by Gasteiger charge is -2.13. The minimum atomic E-state index is -0.0820. The zero-order chi connectivity index (χ0) is 13.7. The van der Waals surface area contributed by atoms with Gasteiger partial charge >= 0.3 is 0 Å². The van der Waals surface area contributed by atoms with Crippen LogP contribution in [0, 0.1) is 6.92 Å². The summed E-state index contributed by atoms with van der Waals surface area (Å²) in [7, 11) is 0. The smallest absolute Gasteiger partial charge is 0.252 e. The quantitative estimate of drug-likeness (QED) is 0.818. The Morgan fingerprint density at radius 2 is 2.21 bits per heavy atom. The first-order valence-electron chi connectivity index (χ1n) is 6.89. The molecule has 0 saturated carbocycles. The summed E-state index contributed by atoms with van der Waals surface area (Å²) in [6, 6.07) is 5.51. The Morgan fingerprint density at radius 3 is 2.89 bits per heavy atom. The molecule has 3 heteroatoms. The van der Waals surface area contributed by atoms with Gasteiger partial charge in [0.05, 0.1) is 10.6 Å². The van der Waals surface area contributed by atoms with Crippen molar-refractivity contribution < 1.29 is 4.79 Å². The summed E-state index contributed by atoms with van der Waals surface area (Å²) < 4.78 is 0. The summed E-state index contributed by atoms with van der Waals surface area (Å²) >= 11 is 6.08. The first-order valence-corrected chi connectivity index (χ1v) is 7.27. The predicted molar refractivity (Wildman–Crippen MR) is 79.7 cm³/mol. The second kappa shape index (κ2) is 6.76. The largest absolute Gasteiger partial charge is 0.352 e. The Bertz CT molecular complexity index is 494. The van der Waals surface area contributed by atoms with E-state index in [1.54, 1.807) is 6.07 Å². The van der Waals surface area contributed by atoms with Crippen LogP contribution in [0.1, 0.15) is 48.0 Å². The molecule has 0 bridgehead atoms. The van der Waals surface area contributed by atoms with Crippen molar-refractivity contribution in [3.63, 3.8) is 0 Å². The summed E-state index contributed by atoms with van der Waals surface area (Å²) in [6.45, 7) is 2.65. The second-order valence-corrected chi connectivity index (χ2v) is 5.50. The van der Waals surface area contributed by atoms with Gasteiger partial charge < -0.3 is 5.32 Å². The number of hydrogen-bond donors (Lipinski definition) is 1. The number of nitrogens with one attached hydrogen (secondary N) is 1. The molecule has 1 aliphatic rings. The molecule has 0 aliphatic heterocycles. The molecule has 1 N–H and O–H groups in total. The third kappa shape index (κ3) is 4.10. The molecule has 0 aromatic heterocycles. The Hall–Kier alpha value is -1.28. The highest BCUT2D eigenvalue weighted by atomic mass is 35.5. The Balaban J connectivity index is 1.85. The van der Waals surface area contributed by atoms with Crippen molar-refractivity contribution in [1.29, 1.82) is 0 Å². The summed E-state index contributed by atoms with van der Waals surface area (Å²) in [4.78, 5) is 12.0. The minimum absolute atomic E-state index is 0.0820. The van der Waals surface area contributed by atoms with E-state index >= 15 is 0 Å². The van der Waals surface area contributed by atoms with Gasteiger partial charge in [-0.3, -0.25) is 4.79 Å². The monoisotopic (exact) mass is 277 g/mol. The Labute approximate surface area is 119 Å². The zero-order valence-corrected chi connectivity index (χ0v) is 12.1. The number of rotatable bonds is 4. The lowest BCUT2D eigenvalue weighted by molar-refractivity contribution is 0.0954. The molecule has 0 radical (unpaired) electrons. The molecule has 2 rings (SSSR count). The summed E-state index contributed by atoms with van der Waals surface area (Å²) in [5.74, 6) is -0.0820. The highest BCUT2D eigenvalue weighted by Crippen LogP contribution is 2.20. The van der Waals surface area contributed by atoms with Crippen LogP contribution in [0.25, 0.3) is 0 Å². The molecular formula is C16H20ClNO. The number of benzene rings is 1. The summed E-state index contributed by atoms with van der Waals surface area (Å²) in [6.07, 6.45) is 8.22. The van der Waals surface area contributed by atoms with E-state index in [9.17, 15) is 4.79 Å². The molecule has 0 saturated heterocycles. The molecule has 1 aromatic rings. The maximum Gasteiger partial charge on any atom is 0.252 e. The van der Waals surface area contributed by atoms with Crippen LogP contribution in [0.15, 0.2) is 29.8 Å². The molecule has 0 atom stereocenters. The van der Waals surface area contributed by atoms with E-state index in [1.807, 2.05) is 19.1 Å². The first-order chi connectivity index (χ1) is 9.16. The van der Waals surface area contributed by atoms with Gasteiger partial charge in [0, 0.05) is 6.54 Å². The van der Waals surface area contributed by atoms with E-state index < -0.39 is 0 Å². The molecule has 0 heterocycles. The van der Waals surface area contributed by atoms with E-state index in [2.05, 4.69) is 11.4 Å². The van der Waals surface area contributed by atoms with Crippen molar-refractivity contribution in [2.24, 2.45) is 0 Å². The van der Waals surface area contributed by atoms with Gasteiger partial charge in [-0.2, -0.15) is 0 Å². The SMILES string of the molecule is Cc1ccc(C(=O)NCCC2=CCCCC2)c(Cl)c1. The van der Waals surface area contributed by atoms with Gasteiger partial charge in [-0.25, -0.2) is 0 Å². The lowest BCUT2D eigenvalue weighted by atomic mass is 9.97. The van der Waals surface area contributed by atoms with Crippen LogP contribution in [0.3, 0.4) is 0 Å². The topological polar surface area (TPSA) is 29.1 Å². The van der Waals surface area contributed by atoms with Gasteiger partial charge in [0.25, 0.3) is 5.91 Å². The Kier molecular flexibility index (Phi) is 5.03. The van der Waals surface area contributed by atoms with Gasteiger partial charge in [0.1, 0.15) is 0 Å². The first kappa shape index (κ1) is 14.1. The molecule has 0 unspecified atom stereocenters. The number of hydrogen-bond acceptors (Lipinski definition) is 1. The summed E-state index contributed by atoms with van der Waals surface area (Å²) in [5.41, 5.74) is 3.10. The molecule has 0 spiro atoms. The average molecular weight is 278 g/mol. The number of carbonyl (C=O) groups excluding carboxylic acids is 1. The van der Waals surface area contributed by atoms with Gasteiger partial charge in [-0.05, 0) is 56.7 Å². The van der Waals surface area contributed by atoms with E-state index in [0.29, 0.717) is 17.1 Å². The molecule has 102 valence electrons. The molecule has 1 aliphatic carbocycles. The highest BCUT2D eigenvalue weighted by Gasteiger charge is 2.10. The van der Waals surface area contributed by atoms with Crippen LogP contribution < -0.4 is 5.32 Å². The van der Waals surface area contributed by atoms with Gasteiger partial charge in [-0.1, -0.05) is 29.3 Å². The molecule has 19 heavy (non-hydrogen) atoms. The minimum Gasteiger partial charge on any atom is -0.352 e. The van der Waals surface area contributed by atoms with Crippen LogP contribution in [-0.4, -0.2) is 12.5 Å². The van der Waals surface area contributed by atoms with Crippen LogP contribution in [-0.2, 0) is 0 Å². The van der Waals surface area contributed by atoms with E-state index in [1.165, 1.54) is 31.3 Å². The van der Waals surface area contributed by atoms with Gasteiger partial charge in [-0.15, -0.1) is 0 Å². The maximum atomic E-state index is 12.0. The van der Waals surface area contributed by atoms with Crippen molar-refractivity contribution >= 4 is 17.5 Å². The fourth-order valence-corrected chi connectivity index (χ4v) is 2.69. The second-order valence-electron chi connectivity index (χ2n) is 5.10. The number of carbonyl (C=O) groups is 1. The van der Waals surface area contributed by atoms with Crippen molar-refractivity contribution in [3.8, 4) is 0 Å². The molecule has 2 nitrogen and oxygen atoms in total. The van der Waals surface area contributed by atoms with E-state index in [-0.39, 0.29) is 5.91 Å². The Morgan fingerprint density at radius 1 is 1.37 bits per heavy atom. The third-order valence-corrected chi connectivity index (χ3v) is 3.80. The predicted octanol–water partition coefficient (Wildman–Crippen LogP) is 4.27. The number of allylic oxidation sites excluding steroid dienone is 1.